The quantitative estimate of drug-likeness (QED) is 0.143. The number of rotatable bonds is 8. The van der Waals surface area contributed by atoms with Crippen LogP contribution in [0.2, 0.25) is 0 Å². The molecule has 0 fully saturated rings. The first-order chi connectivity index (χ1) is 25.8. The third-order valence-electron chi connectivity index (χ3n) is 10.1. The summed E-state index contributed by atoms with van der Waals surface area (Å²) >= 11 is 0. The van der Waals surface area contributed by atoms with Gasteiger partial charge in [-0.3, -0.25) is 0 Å². The van der Waals surface area contributed by atoms with Gasteiger partial charge in [-0.2, -0.15) is 0 Å². The van der Waals surface area contributed by atoms with Gasteiger partial charge in [0.2, 0.25) is 0 Å². The molecule has 1 aromatic heterocycles. The van der Waals surface area contributed by atoms with Crippen molar-refractivity contribution < 1.29 is 0 Å². The summed E-state index contributed by atoms with van der Waals surface area (Å²) < 4.78 is 2.37. The van der Waals surface area contributed by atoms with Crippen LogP contribution in [0.4, 0.5) is 0 Å². The Labute approximate surface area is 305 Å². The summed E-state index contributed by atoms with van der Waals surface area (Å²) in [6.45, 7) is 0. The molecule has 0 bridgehead atoms. The molecular weight excluding hydrogens is 627 g/mol. The summed E-state index contributed by atoms with van der Waals surface area (Å²) in [5.74, 6) is 0. The molecule has 1 heteroatoms. The van der Waals surface area contributed by atoms with Crippen LogP contribution in [0.25, 0.3) is 72.5 Å². The van der Waals surface area contributed by atoms with Crippen molar-refractivity contribution >= 4 is 33.5 Å². The minimum absolute atomic E-state index is 0.839. The molecule has 9 rings (SSSR count). The average Bonchev–Trinajstić information content (AvgIpc) is 3.56. The van der Waals surface area contributed by atoms with Crippen LogP contribution in [0.1, 0.15) is 16.7 Å². The van der Waals surface area contributed by atoms with E-state index in [1.807, 2.05) is 0 Å². The largest absolute Gasteiger partial charge is 0.309 e. The SMILES string of the molecule is C(=C(/Cc1ccc(-c2ccccc2)cc1)c1ccc(-c2ccccc2)cc1)/c1ccc(-c2ccc(-n3c4ccccc4c4ccccc43)cc2)cc1. The highest BCUT2D eigenvalue weighted by molar-refractivity contribution is 6.09. The van der Waals surface area contributed by atoms with Gasteiger partial charge in [0.1, 0.15) is 0 Å². The Kier molecular flexibility index (Phi) is 8.37. The van der Waals surface area contributed by atoms with Gasteiger partial charge in [0.05, 0.1) is 11.0 Å². The summed E-state index contributed by atoms with van der Waals surface area (Å²) in [5.41, 5.74) is 16.0. The summed E-state index contributed by atoms with van der Waals surface area (Å²) in [4.78, 5) is 0. The maximum absolute atomic E-state index is 2.37. The number of fused-ring (bicyclic) bond motifs is 3. The van der Waals surface area contributed by atoms with Gasteiger partial charge in [-0.25, -0.2) is 0 Å². The van der Waals surface area contributed by atoms with Crippen LogP contribution in [-0.4, -0.2) is 4.57 Å². The van der Waals surface area contributed by atoms with Gasteiger partial charge < -0.3 is 4.57 Å². The minimum atomic E-state index is 0.839. The maximum Gasteiger partial charge on any atom is 0.0541 e. The zero-order valence-corrected chi connectivity index (χ0v) is 28.9. The van der Waals surface area contributed by atoms with Crippen LogP contribution in [-0.2, 0) is 6.42 Å². The molecule has 0 aliphatic carbocycles. The lowest BCUT2D eigenvalue weighted by Crippen LogP contribution is -1.93. The summed E-state index contributed by atoms with van der Waals surface area (Å²) in [5, 5.41) is 2.56. The molecule has 1 nitrogen and oxygen atoms in total. The lowest BCUT2D eigenvalue weighted by atomic mass is 9.93. The molecule has 0 spiro atoms. The smallest absolute Gasteiger partial charge is 0.0541 e. The van der Waals surface area contributed by atoms with Crippen molar-refractivity contribution in [1.29, 1.82) is 0 Å². The van der Waals surface area contributed by atoms with E-state index in [1.165, 1.54) is 83.1 Å². The van der Waals surface area contributed by atoms with Crippen molar-refractivity contribution in [3.8, 4) is 39.1 Å². The minimum Gasteiger partial charge on any atom is -0.309 e. The average molecular weight is 664 g/mol. The van der Waals surface area contributed by atoms with Crippen molar-refractivity contribution in [2.24, 2.45) is 0 Å². The van der Waals surface area contributed by atoms with Crippen molar-refractivity contribution in [1.82, 2.24) is 4.57 Å². The first-order valence-electron chi connectivity index (χ1n) is 18.0. The van der Waals surface area contributed by atoms with Crippen molar-refractivity contribution in [3.05, 3.63) is 223 Å². The topological polar surface area (TPSA) is 4.93 Å². The summed E-state index contributed by atoms with van der Waals surface area (Å²) in [6.07, 6.45) is 3.18. The van der Waals surface area contributed by atoms with E-state index in [0.717, 1.165) is 6.42 Å². The molecule has 0 aliphatic heterocycles. The Bertz CT molecular complexity index is 2570. The van der Waals surface area contributed by atoms with Crippen LogP contribution in [0, 0.1) is 0 Å². The number of hydrogen-bond acceptors (Lipinski definition) is 0. The van der Waals surface area contributed by atoms with E-state index >= 15 is 0 Å². The highest BCUT2D eigenvalue weighted by atomic mass is 15.0. The number of hydrogen-bond donors (Lipinski definition) is 0. The van der Waals surface area contributed by atoms with E-state index in [9.17, 15) is 0 Å². The second kappa shape index (κ2) is 13.9. The molecule has 0 N–H and O–H groups in total. The van der Waals surface area contributed by atoms with Gasteiger partial charge in [-0.1, -0.05) is 188 Å². The zero-order chi connectivity index (χ0) is 34.7. The Hall–Kier alpha value is -6.70. The number of para-hydroxylation sites is 2. The predicted molar refractivity (Wildman–Crippen MR) is 222 cm³/mol. The molecule has 0 aliphatic rings. The predicted octanol–water partition coefficient (Wildman–Crippen LogP) is 13.6. The van der Waals surface area contributed by atoms with Gasteiger partial charge in [0, 0.05) is 16.5 Å². The third kappa shape index (κ3) is 6.25. The fourth-order valence-electron chi connectivity index (χ4n) is 7.39. The van der Waals surface area contributed by atoms with E-state index in [4.69, 9.17) is 0 Å². The van der Waals surface area contributed by atoms with Crippen molar-refractivity contribution in [2.75, 3.05) is 0 Å². The molecule has 9 aromatic rings. The Morgan fingerprint density at radius 2 is 0.769 bits per heavy atom. The van der Waals surface area contributed by atoms with Gasteiger partial charge in [0.25, 0.3) is 0 Å². The molecular formula is C51H37N. The molecule has 8 aromatic carbocycles. The van der Waals surface area contributed by atoms with Gasteiger partial charge in [0.15, 0.2) is 0 Å². The van der Waals surface area contributed by atoms with E-state index in [0.29, 0.717) is 0 Å². The number of aromatic nitrogens is 1. The van der Waals surface area contributed by atoms with Crippen LogP contribution in [0.15, 0.2) is 206 Å². The molecule has 0 saturated carbocycles. The lowest BCUT2D eigenvalue weighted by molar-refractivity contribution is 1.18. The number of nitrogens with zero attached hydrogens (tertiary/aromatic N) is 1. The van der Waals surface area contributed by atoms with Crippen LogP contribution >= 0.6 is 0 Å². The Morgan fingerprint density at radius 1 is 0.365 bits per heavy atom. The van der Waals surface area contributed by atoms with Crippen molar-refractivity contribution in [3.63, 3.8) is 0 Å². The van der Waals surface area contributed by atoms with E-state index in [-0.39, 0.29) is 0 Å². The van der Waals surface area contributed by atoms with E-state index in [1.54, 1.807) is 0 Å². The molecule has 1 heterocycles. The van der Waals surface area contributed by atoms with Gasteiger partial charge >= 0.3 is 0 Å². The number of benzene rings is 8. The summed E-state index contributed by atoms with van der Waals surface area (Å²) in [6, 6.07) is 74.4. The fourth-order valence-corrected chi connectivity index (χ4v) is 7.39. The normalized spacial score (nSPS) is 11.7. The zero-order valence-electron chi connectivity index (χ0n) is 28.9. The second-order valence-corrected chi connectivity index (χ2v) is 13.4. The first-order valence-corrected chi connectivity index (χ1v) is 18.0. The molecule has 0 amide bonds. The molecule has 0 saturated heterocycles. The highest BCUT2D eigenvalue weighted by Gasteiger charge is 2.12. The first kappa shape index (κ1) is 31.3. The fraction of sp³-hybridized carbons (Fsp3) is 0.0196. The Morgan fingerprint density at radius 3 is 1.29 bits per heavy atom. The third-order valence-corrected chi connectivity index (χ3v) is 10.1. The summed E-state index contributed by atoms with van der Waals surface area (Å²) in [7, 11) is 0. The molecule has 0 atom stereocenters. The van der Waals surface area contributed by atoms with Gasteiger partial charge in [-0.15, -0.1) is 0 Å². The maximum atomic E-state index is 2.37. The Balaban J connectivity index is 1.01. The van der Waals surface area contributed by atoms with Crippen LogP contribution < -0.4 is 0 Å². The molecule has 246 valence electrons. The van der Waals surface area contributed by atoms with Crippen LogP contribution in [0.3, 0.4) is 0 Å². The van der Waals surface area contributed by atoms with Gasteiger partial charge in [-0.05, 0) is 86.3 Å². The van der Waals surface area contributed by atoms with Crippen LogP contribution in [0.5, 0.6) is 0 Å². The van der Waals surface area contributed by atoms with E-state index in [2.05, 4.69) is 217 Å². The van der Waals surface area contributed by atoms with E-state index < -0.39 is 0 Å². The molecule has 52 heavy (non-hydrogen) atoms. The highest BCUT2D eigenvalue weighted by Crippen LogP contribution is 2.33. The van der Waals surface area contributed by atoms with Crippen molar-refractivity contribution in [2.45, 2.75) is 6.42 Å². The standard InChI is InChI=1S/C51H37N/c1-3-11-39(12-4-1)41-23-19-37(20-24-41)35-46(45-29-27-43(28-30-45)40-13-5-2-6-14-40)36-38-21-25-42(26-22-38)44-31-33-47(34-32-44)52-50-17-9-7-15-48(50)49-16-8-10-18-51(49)52/h1-34,36H,35H2/b46-36+. The second-order valence-electron chi connectivity index (χ2n) is 13.4. The monoisotopic (exact) mass is 663 g/mol. The molecule has 0 unspecified atom stereocenters. The molecule has 0 radical (unpaired) electrons. The number of allylic oxidation sites excluding steroid dienone is 1. The lowest BCUT2D eigenvalue weighted by Gasteiger charge is -2.12.